The molecule has 23 heavy (non-hydrogen) atoms. The molecule has 0 unspecified atom stereocenters. The second-order valence-electron chi connectivity index (χ2n) is 5.51. The second-order valence-corrected chi connectivity index (χ2v) is 7.30. The van der Waals surface area contributed by atoms with Crippen molar-refractivity contribution in [1.29, 1.82) is 0 Å². The number of para-hydroxylation sites is 1. The number of nitrogens with zero attached hydrogens (tertiary/aromatic N) is 3. The fourth-order valence-corrected chi connectivity index (χ4v) is 4.44. The van der Waals surface area contributed by atoms with Crippen LogP contribution in [0.4, 0.5) is 10.8 Å². The van der Waals surface area contributed by atoms with Crippen LogP contribution in [0.2, 0.25) is 10.0 Å². The Bertz CT molecular complexity index is 787. The number of benzene rings is 2. The fraction of sp³-hybridized carbons (Fsp3) is 0.235. The molecule has 0 atom stereocenters. The summed E-state index contributed by atoms with van der Waals surface area (Å²) in [4.78, 5) is 9.43. The molecule has 3 nitrogen and oxygen atoms in total. The molecular formula is C17H15Cl2N3S. The predicted octanol–water partition coefficient (Wildman–Crippen LogP) is 4.93. The summed E-state index contributed by atoms with van der Waals surface area (Å²) in [6, 6.07) is 14.2. The number of aromatic nitrogens is 1. The van der Waals surface area contributed by atoms with Crippen LogP contribution in [0.25, 0.3) is 10.2 Å². The van der Waals surface area contributed by atoms with Gasteiger partial charge in [-0.25, -0.2) is 4.98 Å². The Morgan fingerprint density at radius 3 is 2.17 bits per heavy atom. The average Bonchev–Trinajstić information content (AvgIpc) is 3.06. The fourth-order valence-electron chi connectivity index (χ4n) is 2.86. The highest BCUT2D eigenvalue weighted by Gasteiger charge is 2.21. The summed E-state index contributed by atoms with van der Waals surface area (Å²) in [5.74, 6) is 0. The highest BCUT2D eigenvalue weighted by Crippen LogP contribution is 2.37. The molecule has 0 bridgehead atoms. The van der Waals surface area contributed by atoms with Crippen LogP contribution >= 0.6 is 34.5 Å². The normalized spacial score (nSPS) is 15.4. The van der Waals surface area contributed by atoms with Crippen molar-refractivity contribution in [3.63, 3.8) is 0 Å². The van der Waals surface area contributed by atoms with E-state index in [0.717, 1.165) is 46.5 Å². The lowest BCUT2D eigenvalue weighted by molar-refractivity contribution is 0.652. The third-order valence-electron chi connectivity index (χ3n) is 4.11. The van der Waals surface area contributed by atoms with E-state index >= 15 is 0 Å². The van der Waals surface area contributed by atoms with Gasteiger partial charge in [-0.2, -0.15) is 0 Å². The Morgan fingerprint density at radius 2 is 1.48 bits per heavy atom. The van der Waals surface area contributed by atoms with Crippen LogP contribution in [0, 0.1) is 0 Å². The molecule has 0 amide bonds. The average molecular weight is 364 g/mol. The molecule has 1 saturated heterocycles. The zero-order chi connectivity index (χ0) is 15.8. The first kappa shape index (κ1) is 15.1. The summed E-state index contributed by atoms with van der Waals surface area (Å²) >= 11 is 14.1. The zero-order valence-electron chi connectivity index (χ0n) is 12.4. The van der Waals surface area contributed by atoms with E-state index in [9.17, 15) is 0 Å². The van der Waals surface area contributed by atoms with Gasteiger partial charge in [0.1, 0.15) is 5.52 Å². The van der Waals surface area contributed by atoms with E-state index in [1.165, 1.54) is 5.69 Å². The van der Waals surface area contributed by atoms with Crippen molar-refractivity contribution in [2.45, 2.75) is 0 Å². The summed E-state index contributed by atoms with van der Waals surface area (Å²) in [7, 11) is 0. The summed E-state index contributed by atoms with van der Waals surface area (Å²) in [5.41, 5.74) is 2.09. The number of hydrogen-bond acceptors (Lipinski definition) is 4. The van der Waals surface area contributed by atoms with Crippen LogP contribution < -0.4 is 9.80 Å². The van der Waals surface area contributed by atoms with Crippen molar-refractivity contribution in [2.75, 3.05) is 36.0 Å². The molecule has 118 valence electrons. The van der Waals surface area contributed by atoms with Gasteiger partial charge in [-0.05, 0) is 24.3 Å². The van der Waals surface area contributed by atoms with Gasteiger partial charge in [-0.1, -0.05) is 52.7 Å². The SMILES string of the molecule is Clc1ccc(Cl)c2sc(N3CCN(c4ccccc4)CC3)nc12. The van der Waals surface area contributed by atoms with Crippen LogP contribution in [0.15, 0.2) is 42.5 Å². The Kier molecular flexibility index (Phi) is 4.05. The largest absolute Gasteiger partial charge is 0.368 e. The second kappa shape index (κ2) is 6.19. The third kappa shape index (κ3) is 2.87. The number of hydrogen-bond donors (Lipinski definition) is 0. The molecule has 4 rings (SSSR count). The molecule has 0 aliphatic carbocycles. The summed E-state index contributed by atoms with van der Waals surface area (Å²) in [6.07, 6.45) is 0. The quantitative estimate of drug-likeness (QED) is 0.643. The third-order valence-corrected chi connectivity index (χ3v) is 5.99. The smallest absolute Gasteiger partial charge is 0.186 e. The van der Waals surface area contributed by atoms with Gasteiger partial charge in [-0.3, -0.25) is 0 Å². The number of rotatable bonds is 2. The van der Waals surface area contributed by atoms with Crippen LogP contribution in [-0.4, -0.2) is 31.2 Å². The van der Waals surface area contributed by atoms with E-state index in [1.807, 2.05) is 18.2 Å². The molecule has 0 N–H and O–H groups in total. The van der Waals surface area contributed by atoms with Gasteiger partial charge < -0.3 is 9.80 Å². The van der Waals surface area contributed by atoms with Crippen molar-refractivity contribution in [2.24, 2.45) is 0 Å². The topological polar surface area (TPSA) is 19.4 Å². The molecule has 0 saturated carbocycles. The monoisotopic (exact) mass is 363 g/mol. The van der Waals surface area contributed by atoms with Gasteiger partial charge in [0.15, 0.2) is 5.13 Å². The molecule has 3 aromatic rings. The standard InChI is InChI=1S/C17H15Cl2N3S/c18-13-6-7-14(19)16-15(13)20-17(23-16)22-10-8-21(9-11-22)12-4-2-1-3-5-12/h1-7H,8-11H2. The molecule has 1 aliphatic heterocycles. The Hall–Kier alpha value is -1.49. The lowest BCUT2D eigenvalue weighted by Crippen LogP contribution is -2.46. The van der Waals surface area contributed by atoms with E-state index in [2.05, 4.69) is 34.1 Å². The van der Waals surface area contributed by atoms with Crippen LogP contribution in [0.5, 0.6) is 0 Å². The van der Waals surface area contributed by atoms with Crippen molar-refractivity contribution in [3.8, 4) is 0 Å². The lowest BCUT2D eigenvalue weighted by Gasteiger charge is -2.35. The number of fused-ring (bicyclic) bond motifs is 1. The van der Waals surface area contributed by atoms with Gasteiger partial charge in [0, 0.05) is 31.9 Å². The number of halogens is 2. The molecule has 0 radical (unpaired) electrons. The Morgan fingerprint density at radius 1 is 0.826 bits per heavy atom. The predicted molar refractivity (Wildman–Crippen MR) is 101 cm³/mol. The Balaban J connectivity index is 1.55. The van der Waals surface area contributed by atoms with Crippen LogP contribution in [0.1, 0.15) is 0 Å². The minimum atomic E-state index is 0.662. The zero-order valence-corrected chi connectivity index (χ0v) is 14.7. The van der Waals surface area contributed by atoms with Gasteiger partial charge in [-0.15, -0.1) is 0 Å². The van der Waals surface area contributed by atoms with Crippen molar-refractivity contribution in [3.05, 3.63) is 52.5 Å². The molecule has 2 aromatic carbocycles. The van der Waals surface area contributed by atoms with Crippen LogP contribution in [-0.2, 0) is 0 Å². The van der Waals surface area contributed by atoms with E-state index in [4.69, 9.17) is 28.2 Å². The van der Waals surface area contributed by atoms with Gasteiger partial charge in [0.2, 0.25) is 0 Å². The maximum Gasteiger partial charge on any atom is 0.186 e. The highest BCUT2D eigenvalue weighted by atomic mass is 35.5. The first-order chi connectivity index (χ1) is 11.2. The molecule has 6 heteroatoms. The number of thiazole rings is 1. The van der Waals surface area contributed by atoms with Crippen molar-refractivity contribution in [1.82, 2.24) is 4.98 Å². The van der Waals surface area contributed by atoms with Crippen molar-refractivity contribution >= 4 is 55.6 Å². The summed E-state index contributed by atoms with van der Waals surface area (Å²) < 4.78 is 0.972. The minimum absolute atomic E-state index is 0.662. The maximum absolute atomic E-state index is 6.27. The van der Waals surface area contributed by atoms with Gasteiger partial charge in [0.25, 0.3) is 0 Å². The molecule has 1 aliphatic rings. The number of anilines is 2. The van der Waals surface area contributed by atoms with E-state index in [1.54, 1.807) is 11.3 Å². The van der Waals surface area contributed by atoms with Gasteiger partial charge >= 0.3 is 0 Å². The molecule has 0 spiro atoms. The Labute approximate surface area is 149 Å². The summed E-state index contributed by atoms with van der Waals surface area (Å²) in [5, 5.41) is 2.38. The molecule has 1 aromatic heterocycles. The molecule has 1 fully saturated rings. The number of piperazine rings is 1. The first-order valence-corrected chi connectivity index (χ1v) is 9.09. The first-order valence-electron chi connectivity index (χ1n) is 7.52. The van der Waals surface area contributed by atoms with E-state index in [-0.39, 0.29) is 0 Å². The summed E-state index contributed by atoms with van der Waals surface area (Å²) in [6.45, 7) is 3.87. The van der Waals surface area contributed by atoms with E-state index < -0.39 is 0 Å². The molecule has 2 heterocycles. The lowest BCUT2D eigenvalue weighted by atomic mass is 10.2. The van der Waals surface area contributed by atoms with Crippen LogP contribution in [0.3, 0.4) is 0 Å². The van der Waals surface area contributed by atoms with E-state index in [0.29, 0.717) is 5.02 Å². The maximum atomic E-state index is 6.27. The van der Waals surface area contributed by atoms with Gasteiger partial charge in [0.05, 0.1) is 14.7 Å². The minimum Gasteiger partial charge on any atom is -0.368 e. The van der Waals surface area contributed by atoms with Crippen molar-refractivity contribution < 1.29 is 0 Å². The molecular weight excluding hydrogens is 349 g/mol. The highest BCUT2D eigenvalue weighted by molar-refractivity contribution is 7.23.